The quantitative estimate of drug-likeness (QED) is 0.833. The Morgan fingerprint density at radius 3 is 2.63 bits per heavy atom. The standard InChI is InChI=1S/C11H17ClN4O2S/c1-15(19(2,17)18)10-4-3-5-16(8-10)11-13-6-9(12)7-14-11/h6-7,10H,3-5,8H2,1-2H3/t10-/m0/s1. The lowest BCUT2D eigenvalue weighted by Gasteiger charge is -2.36. The van der Waals surface area contributed by atoms with E-state index in [0.29, 0.717) is 17.5 Å². The number of likely N-dealkylation sites (N-methyl/N-ethyl adjacent to an activating group) is 1. The second-order valence-electron chi connectivity index (χ2n) is 4.72. The summed E-state index contributed by atoms with van der Waals surface area (Å²) in [4.78, 5) is 10.3. The van der Waals surface area contributed by atoms with Crippen LogP contribution in [-0.2, 0) is 10.0 Å². The molecule has 106 valence electrons. The highest BCUT2D eigenvalue weighted by atomic mass is 35.5. The van der Waals surface area contributed by atoms with Gasteiger partial charge in [-0.3, -0.25) is 0 Å². The molecule has 1 saturated heterocycles. The Balaban J connectivity index is 2.11. The van der Waals surface area contributed by atoms with Crippen LogP contribution in [0.3, 0.4) is 0 Å². The number of sulfonamides is 1. The Morgan fingerprint density at radius 1 is 1.42 bits per heavy atom. The van der Waals surface area contributed by atoms with Crippen molar-refractivity contribution in [2.45, 2.75) is 18.9 Å². The molecule has 0 radical (unpaired) electrons. The van der Waals surface area contributed by atoms with Crippen LogP contribution in [0, 0.1) is 0 Å². The summed E-state index contributed by atoms with van der Waals surface area (Å²) in [7, 11) is -1.55. The van der Waals surface area contributed by atoms with Crippen LogP contribution in [0.15, 0.2) is 12.4 Å². The first kappa shape index (κ1) is 14.5. The zero-order valence-electron chi connectivity index (χ0n) is 11.0. The van der Waals surface area contributed by atoms with Crippen LogP contribution in [-0.4, -0.2) is 55.1 Å². The molecule has 0 aromatic carbocycles. The molecule has 1 aromatic heterocycles. The zero-order chi connectivity index (χ0) is 14.0. The molecule has 6 nitrogen and oxygen atoms in total. The van der Waals surface area contributed by atoms with Crippen molar-refractivity contribution in [3.05, 3.63) is 17.4 Å². The summed E-state index contributed by atoms with van der Waals surface area (Å²) in [5, 5.41) is 0.491. The van der Waals surface area contributed by atoms with Crippen molar-refractivity contribution >= 4 is 27.6 Å². The molecule has 0 spiro atoms. The van der Waals surface area contributed by atoms with Crippen LogP contribution in [0.2, 0.25) is 5.02 Å². The van der Waals surface area contributed by atoms with Gasteiger partial charge in [-0.2, -0.15) is 0 Å². The molecule has 0 N–H and O–H groups in total. The fourth-order valence-corrected chi connectivity index (χ4v) is 2.98. The van der Waals surface area contributed by atoms with Gasteiger partial charge in [-0.05, 0) is 12.8 Å². The van der Waals surface area contributed by atoms with Crippen molar-refractivity contribution in [1.82, 2.24) is 14.3 Å². The number of aromatic nitrogens is 2. The molecule has 0 bridgehead atoms. The fraction of sp³-hybridized carbons (Fsp3) is 0.636. The number of rotatable bonds is 3. The first-order valence-electron chi connectivity index (χ1n) is 6.03. The van der Waals surface area contributed by atoms with E-state index in [9.17, 15) is 8.42 Å². The Bertz CT molecular complexity index is 534. The van der Waals surface area contributed by atoms with E-state index in [1.54, 1.807) is 19.4 Å². The van der Waals surface area contributed by atoms with Gasteiger partial charge in [-0.25, -0.2) is 22.7 Å². The first-order chi connectivity index (χ1) is 8.88. The minimum Gasteiger partial charge on any atom is -0.339 e. The summed E-state index contributed by atoms with van der Waals surface area (Å²) in [6.45, 7) is 1.43. The van der Waals surface area contributed by atoms with Crippen LogP contribution in [0.1, 0.15) is 12.8 Å². The highest BCUT2D eigenvalue weighted by Crippen LogP contribution is 2.20. The third kappa shape index (κ3) is 3.55. The van der Waals surface area contributed by atoms with Gasteiger partial charge in [-0.15, -0.1) is 0 Å². The normalized spacial score (nSPS) is 20.8. The fourth-order valence-electron chi connectivity index (χ4n) is 2.17. The van der Waals surface area contributed by atoms with Gasteiger partial charge >= 0.3 is 0 Å². The van der Waals surface area contributed by atoms with E-state index in [1.165, 1.54) is 10.6 Å². The molecule has 1 aliphatic heterocycles. The van der Waals surface area contributed by atoms with Crippen molar-refractivity contribution in [1.29, 1.82) is 0 Å². The Hall–Kier alpha value is -0.920. The van der Waals surface area contributed by atoms with Crippen molar-refractivity contribution in [2.75, 3.05) is 31.3 Å². The molecule has 1 aromatic rings. The van der Waals surface area contributed by atoms with Crippen molar-refractivity contribution < 1.29 is 8.42 Å². The van der Waals surface area contributed by atoms with Gasteiger partial charge in [-0.1, -0.05) is 11.6 Å². The monoisotopic (exact) mass is 304 g/mol. The van der Waals surface area contributed by atoms with E-state index in [0.717, 1.165) is 19.4 Å². The van der Waals surface area contributed by atoms with Crippen LogP contribution in [0.4, 0.5) is 5.95 Å². The first-order valence-corrected chi connectivity index (χ1v) is 8.26. The second-order valence-corrected chi connectivity index (χ2v) is 7.20. The third-order valence-corrected chi connectivity index (χ3v) is 4.86. The minimum absolute atomic E-state index is 0.0389. The average molecular weight is 305 g/mol. The number of hydrogen-bond acceptors (Lipinski definition) is 5. The summed E-state index contributed by atoms with van der Waals surface area (Å²) in [6.07, 6.45) is 6.09. The molecule has 1 fully saturated rings. The van der Waals surface area contributed by atoms with E-state index in [-0.39, 0.29) is 6.04 Å². The van der Waals surface area contributed by atoms with Crippen molar-refractivity contribution in [2.24, 2.45) is 0 Å². The van der Waals surface area contributed by atoms with Gasteiger partial charge in [0.1, 0.15) is 0 Å². The zero-order valence-corrected chi connectivity index (χ0v) is 12.5. The SMILES string of the molecule is CN([C@H]1CCCN(c2ncc(Cl)cn2)C1)S(C)(=O)=O. The van der Waals surface area contributed by atoms with Crippen LogP contribution < -0.4 is 4.90 Å². The van der Waals surface area contributed by atoms with Gasteiger partial charge in [0, 0.05) is 26.2 Å². The largest absolute Gasteiger partial charge is 0.339 e. The van der Waals surface area contributed by atoms with Crippen molar-refractivity contribution in [3.63, 3.8) is 0 Å². The summed E-state index contributed by atoms with van der Waals surface area (Å²) < 4.78 is 24.6. The van der Waals surface area contributed by atoms with E-state index >= 15 is 0 Å². The average Bonchev–Trinajstić information content (AvgIpc) is 2.38. The minimum atomic E-state index is -3.17. The van der Waals surface area contributed by atoms with E-state index in [2.05, 4.69) is 9.97 Å². The number of nitrogens with zero attached hydrogens (tertiary/aromatic N) is 4. The summed E-state index contributed by atoms with van der Waals surface area (Å²) in [5.74, 6) is 0.594. The molecule has 2 rings (SSSR count). The summed E-state index contributed by atoms with van der Waals surface area (Å²) in [5.41, 5.74) is 0. The van der Waals surface area contributed by atoms with Gasteiger partial charge in [0.2, 0.25) is 16.0 Å². The Labute approximate surface area is 118 Å². The van der Waals surface area contributed by atoms with Gasteiger partial charge in [0.15, 0.2) is 0 Å². The predicted molar refractivity (Wildman–Crippen MR) is 74.9 cm³/mol. The van der Waals surface area contributed by atoms with Gasteiger partial charge in [0.05, 0.1) is 23.7 Å². The van der Waals surface area contributed by atoms with Gasteiger partial charge in [0.25, 0.3) is 0 Å². The molecule has 0 unspecified atom stereocenters. The maximum atomic E-state index is 11.6. The van der Waals surface area contributed by atoms with Crippen LogP contribution in [0.5, 0.6) is 0 Å². The molecule has 0 aliphatic carbocycles. The smallest absolute Gasteiger partial charge is 0.225 e. The molecule has 19 heavy (non-hydrogen) atoms. The molecule has 0 amide bonds. The lowest BCUT2D eigenvalue weighted by molar-refractivity contribution is 0.320. The maximum absolute atomic E-state index is 11.6. The molecule has 1 atom stereocenters. The van der Waals surface area contributed by atoms with Gasteiger partial charge < -0.3 is 4.90 Å². The molecule has 1 aliphatic rings. The summed E-state index contributed by atoms with van der Waals surface area (Å²) in [6, 6.07) is -0.0389. The lowest BCUT2D eigenvalue weighted by atomic mass is 10.1. The number of piperidine rings is 1. The summed E-state index contributed by atoms with van der Waals surface area (Å²) >= 11 is 5.76. The van der Waals surface area contributed by atoms with Crippen LogP contribution in [0.25, 0.3) is 0 Å². The number of halogens is 1. The maximum Gasteiger partial charge on any atom is 0.225 e. The predicted octanol–water partition coefficient (Wildman–Crippen LogP) is 0.990. The molecule has 2 heterocycles. The molecule has 8 heteroatoms. The van der Waals surface area contributed by atoms with E-state index < -0.39 is 10.0 Å². The second kappa shape index (κ2) is 5.60. The van der Waals surface area contributed by atoms with Crippen LogP contribution >= 0.6 is 11.6 Å². The Kier molecular flexibility index (Phi) is 4.27. The lowest BCUT2D eigenvalue weighted by Crippen LogP contribution is -2.48. The topological polar surface area (TPSA) is 66.4 Å². The molecule has 0 saturated carbocycles. The van der Waals surface area contributed by atoms with E-state index in [1.807, 2.05) is 4.90 Å². The highest BCUT2D eigenvalue weighted by molar-refractivity contribution is 7.88. The number of hydrogen-bond donors (Lipinski definition) is 0. The highest BCUT2D eigenvalue weighted by Gasteiger charge is 2.28. The molecular formula is C11H17ClN4O2S. The van der Waals surface area contributed by atoms with Crippen molar-refractivity contribution in [3.8, 4) is 0 Å². The Morgan fingerprint density at radius 2 is 2.05 bits per heavy atom. The number of anilines is 1. The van der Waals surface area contributed by atoms with E-state index in [4.69, 9.17) is 11.6 Å². The molecular weight excluding hydrogens is 288 g/mol. The third-order valence-electron chi connectivity index (χ3n) is 3.32.